The largest absolute Gasteiger partial charge is 0.494 e. The Hall–Kier alpha value is -3.57. The lowest BCUT2D eigenvalue weighted by Gasteiger charge is -2.25. The topological polar surface area (TPSA) is 59.8 Å². The molecule has 2 heterocycles. The van der Waals surface area contributed by atoms with Crippen molar-refractivity contribution in [1.82, 2.24) is 4.90 Å². The normalized spacial score (nSPS) is 15.1. The maximum atomic E-state index is 13.6. The lowest BCUT2D eigenvalue weighted by atomic mass is 9.98. The number of carbonyl (C=O) groups is 1. The molecular weight excluding hydrogens is 450 g/mol. The molecule has 3 aromatic carbocycles. The standard InChI is InChI=1S/C28H24ClNO4/c1-2-3-15-33-21-12-9-19(10-13-21)25-24-26(31)22-16-20(29)11-14-23(22)34-27(24)28(32)30(25)17-18-7-5-4-6-8-18/h4-14,16,25H,2-3,15,17H2,1H3. The van der Waals surface area contributed by atoms with E-state index in [4.69, 9.17) is 20.8 Å². The van der Waals surface area contributed by atoms with Crippen LogP contribution in [0.3, 0.4) is 0 Å². The molecule has 1 aliphatic heterocycles. The number of hydrogen-bond acceptors (Lipinski definition) is 4. The van der Waals surface area contributed by atoms with Gasteiger partial charge in [0.1, 0.15) is 11.3 Å². The molecule has 0 bridgehead atoms. The van der Waals surface area contributed by atoms with Crippen LogP contribution >= 0.6 is 11.6 Å². The molecule has 172 valence electrons. The first-order valence-electron chi connectivity index (χ1n) is 11.4. The first-order valence-corrected chi connectivity index (χ1v) is 11.8. The molecule has 0 saturated heterocycles. The first kappa shape index (κ1) is 22.2. The van der Waals surface area contributed by atoms with Gasteiger partial charge in [0.25, 0.3) is 5.91 Å². The van der Waals surface area contributed by atoms with E-state index in [0.717, 1.165) is 29.7 Å². The van der Waals surface area contributed by atoms with E-state index in [1.807, 2.05) is 54.6 Å². The van der Waals surface area contributed by atoms with Crippen molar-refractivity contribution in [3.63, 3.8) is 0 Å². The molecule has 1 atom stereocenters. The van der Waals surface area contributed by atoms with Crippen molar-refractivity contribution in [2.45, 2.75) is 32.4 Å². The third-order valence-corrected chi connectivity index (χ3v) is 6.32. The monoisotopic (exact) mass is 473 g/mol. The van der Waals surface area contributed by atoms with Crippen LogP contribution in [0.15, 0.2) is 82.0 Å². The van der Waals surface area contributed by atoms with E-state index in [0.29, 0.717) is 34.7 Å². The second kappa shape index (κ2) is 9.35. The van der Waals surface area contributed by atoms with Gasteiger partial charge in [-0.1, -0.05) is 67.4 Å². The minimum Gasteiger partial charge on any atom is -0.494 e. The van der Waals surface area contributed by atoms with Crippen LogP contribution in [0.2, 0.25) is 5.02 Å². The van der Waals surface area contributed by atoms with Gasteiger partial charge in [0, 0.05) is 11.6 Å². The molecule has 0 saturated carbocycles. The van der Waals surface area contributed by atoms with E-state index in [1.165, 1.54) is 0 Å². The molecule has 1 amide bonds. The average Bonchev–Trinajstić information content (AvgIpc) is 3.12. The summed E-state index contributed by atoms with van der Waals surface area (Å²) in [6, 6.07) is 21.6. The lowest BCUT2D eigenvalue weighted by Crippen LogP contribution is -2.29. The van der Waals surface area contributed by atoms with Gasteiger partial charge in [-0.3, -0.25) is 9.59 Å². The fourth-order valence-corrected chi connectivity index (χ4v) is 4.54. The number of unbranched alkanes of at least 4 members (excludes halogenated alkanes) is 1. The zero-order valence-electron chi connectivity index (χ0n) is 18.8. The predicted octanol–water partition coefficient (Wildman–Crippen LogP) is 6.37. The Kier molecular flexibility index (Phi) is 6.12. The van der Waals surface area contributed by atoms with Crippen molar-refractivity contribution in [3.8, 4) is 5.75 Å². The SMILES string of the molecule is CCCCOc1ccc(C2c3c(oc4ccc(Cl)cc4c3=O)C(=O)N2Cc2ccccc2)cc1. The van der Waals surface area contributed by atoms with Crippen molar-refractivity contribution in [1.29, 1.82) is 0 Å². The van der Waals surface area contributed by atoms with Crippen LogP contribution in [0.5, 0.6) is 5.75 Å². The Balaban J connectivity index is 1.62. The summed E-state index contributed by atoms with van der Waals surface area (Å²) in [5.41, 5.74) is 2.24. The third-order valence-electron chi connectivity index (χ3n) is 6.09. The Morgan fingerprint density at radius 3 is 2.50 bits per heavy atom. The molecule has 0 spiro atoms. The van der Waals surface area contributed by atoms with Gasteiger partial charge in [0.05, 0.1) is 23.6 Å². The highest BCUT2D eigenvalue weighted by atomic mass is 35.5. The van der Waals surface area contributed by atoms with Crippen LogP contribution < -0.4 is 10.2 Å². The molecule has 5 rings (SSSR count). The van der Waals surface area contributed by atoms with Crippen molar-refractivity contribution in [2.75, 3.05) is 6.61 Å². The van der Waals surface area contributed by atoms with Gasteiger partial charge in [0.2, 0.25) is 5.76 Å². The van der Waals surface area contributed by atoms with Gasteiger partial charge in [-0.15, -0.1) is 0 Å². The number of carbonyl (C=O) groups excluding carboxylic acids is 1. The van der Waals surface area contributed by atoms with Gasteiger partial charge < -0.3 is 14.1 Å². The minimum atomic E-state index is -0.577. The Morgan fingerprint density at radius 1 is 1.00 bits per heavy atom. The summed E-state index contributed by atoms with van der Waals surface area (Å²) in [7, 11) is 0. The quantitative estimate of drug-likeness (QED) is 0.292. The van der Waals surface area contributed by atoms with Crippen LogP contribution in [0.1, 0.15) is 53.1 Å². The second-order valence-corrected chi connectivity index (χ2v) is 8.84. The summed E-state index contributed by atoms with van der Waals surface area (Å²) in [4.78, 5) is 28.8. The molecule has 0 N–H and O–H groups in total. The number of rotatable bonds is 7. The van der Waals surface area contributed by atoms with Gasteiger partial charge in [-0.25, -0.2) is 0 Å². The van der Waals surface area contributed by atoms with Crippen molar-refractivity contribution >= 4 is 28.5 Å². The smallest absolute Gasteiger partial charge is 0.291 e. The van der Waals surface area contributed by atoms with E-state index in [1.54, 1.807) is 23.1 Å². The number of halogens is 1. The molecule has 6 heteroatoms. The number of nitrogens with zero attached hydrogens (tertiary/aromatic N) is 1. The molecule has 0 aliphatic carbocycles. The number of benzene rings is 3. The Labute approximate surface area is 202 Å². The maximum Gasteiger partial charge on any atom is 0.291 e. The molecule has 4 aromatic rings. The molecule has 1 aliphatic rings. The summed E-state index contributed by atoms with van der Waals surface area (Å²) >= 11 is 6.16. The van der Waals surface area contributed by atoms with E-state index in [2.05, 4.69) is 6.92 Å². The second-order valence-electron chi connectivity index (χ2n) is 8.41. The van der Waals surface area contributed by atoms with E-state index in [9.17, 15) is 9.59 Å². The summed E-state index contributed by atoms with van der Waals surface area (Å²) in [5.74, 6) is 0.541. The lowest BCUT2D eigenvalue weighted by molar-refractivity contribution is 0.0714. The fraction of sp³-hybridized carbons (Fsp3) is 0.214. The predicted molar refractivity (Wildman–Crippen MR) is 132 cm³/mol. The summed E-state index contributed by atoms with van der Waals surface area (Å²) in [6.45, 7) is 3.11. The van der Waals surface area contributed by atoms with Crippen LogP contribution in [0, 0.1) is 0 Å². The van der Waals surface area contributed by atoms with Crippen LogP contribution in [-0.2, 0) is 6.54 Å². The molecule has 0 radical (unpaired) electrons. The number of ether oxygens (including phenoxy) is 1. The fourth-order valence-electron chi connectivity index (χ4n) is 4.36. The van der Waals surface area contributed by atoms with Gasteiger partial charge in [0.15, 0.2) is 5.43 Å². The van der Waals surface area contributed by atoms with Gasteiger partial charge in [-0.2, -0.15) is 0 Å². The number of fused-ring (bicyclic) bond motifs is 2. The third kappa shape index (κ3) is 4.08. The molecule has 5 nitrogen and oxygen atoms in total. The zero-order chi connectivity index (χ0) is 23.7. The van der Waals surface area contributed by atoms with Crippen LogP contribution in [0.4, 0.5) is 0 Å². The molecule has 0 fully saturated rings. The van der Waals surface area contributed by atoms with Gasteiger partial charge >= 0.3 is 0 Å². The van der Waals surface area contributed by atoms with Crippen LogP contribution in [-0.4, -0.2) is 17.4 Å². The van der Waals surface area contributed by atoms with Crippen LogP contribution in [0.25, 0.3) is 11.0 Å². The molecule has 1 aromatic heterocycles. The molecule has 34 heavy (non-hydrogen) atoms. The number of amides is 1. The maximum absolute atomic E-state index is 13.6. The summed E-state index contributed by atoms with van der Waals surface area (Å²) < 4.78 is 11.8. The van der Waals surface area contributed by atoms with Crippen molar-refractivity contribution in [2.24, 2.45) is 0 Å². The highest BCUT2D eigenvalue weighted by Gasteiger charge is 2.42. The molecular formula is C28H24ClNO4. The van der Waals surface area contributed by atoms with Crippen molar-refractivity contribution in [3.05, 3.63) is 110 Å². The summed E-state index contributed by atoms with van der Waals surface area (Å²) in [6.07, 6.45) is 2.04. The Morgan fingerprint density at radius 2 is 1.76 bits per heavy atom. The van der Waals surface area contributed by atoms with Crippen molar-refractivity contribution < 1.29 is 13.9 Å². The highest BCUT2D eigenvalue weighted by molar-refractivity contribution is 6.31. The van der Waals surface area contributed by atoms with Gasteiger partial charge in [-0.05, 0) is 47.9 Å². The summed E-state index contributed by atoms with van der Waals surface area (Å²) in [5, 5.41) is 0.806. The Bertz CT molecular complexity index is 1400. The minimum absolute atomic E-state index is 0.0871. The molecule has 1 unspecified atom stereocenters. The van der Waals surface area contributed by atoms with E-state index < -0.39 is 6.04 Å². The van der Waals surface area contributed by atoms with E-state index in [-0.39, 0.29) is 17.1 Å². The zero-order valence-corrected chi connectivity index (χ0v) is 19.5. The number of hydrogen-bond donors (Lipinski definition) is 0. The first-order chi connectivity index (χ1) is 16.6. The average molecular weight is 474 g/mol. The highest BCUT2D eigenvalue weighted by Crippen LogP contribution is 2.39. The van der Waals surface area contributed by atoms with E-state index >= 15 is 0 Å².